The zero-order valence-electron chi connectivity index (χ0n) is 2.51. The molecular weight excluding hydrogens is 66.0 g/mol. The van der Waals surface area contributed by atoms with Crippen LogP contribution in [0.25, 0.3) is 0 Å². The lowest BCUT2D eigenvalue weighted by atomic mass is 11.0. The van der Waals surface area contributed by atoms with Crippen LogP contribution in [-0.4, -0.2) is 4.98 Å². The van der Waals surface area contributed by atoms with Crippen LogP contribution in [-0.2, 0) is 0 Å². The second-order valence-electron chi connectivity index (χ2n) is 0.623. The van der Waals surface area contributed by atoms with Crippen LogP contribution in [0.5, 0.6) is 0 Å². The summed E-state index contributed by atoms with van der Waals surface area (Å²) in [7, 11) is 0. The molecule has 0 N–H and O–H groups in total. The fourth-order valence-electron chi connectivity index (χ4n) is 0.152. The molecule has 0 saturated carbocycles. The molecule has 1 rings (SSSR count). The van der Waals surface area contributed by atoms with Gasteiger partial charge in [-0.2, -0.15) is 0 Å². The van der Waals surface area contributed by atoms with Gasteiger partial charge in [-0.05, 0) is 0 Å². The molecule has 0 spiro atoms. The molecule has 0 amide bonds. The maximum absolute atomic E-state index is 4.35. The highest BCUT2D eigenvalue weighted by Gasteiger charge is 1.62. The van der Waals surface area contributed by atoms with E-state index in [0.29, 0.717) is 0 Å². The Balaban J connectivity index is 3.13. The summed E-state index contributed by atoms with van der Waals surface area (Å²) in [6, 6.07) is 0. The summed E-state index contributed by atoms with van der Waals surface area (Å²) >= 11 is 0. The van der Waals surface area contributed by atoms with Crippen molar-refractivity contribution in [2.45, 2.75) is 0 Å². The molecule has 0 saturated heterocycles. The van der Waals surface area contributed by atoms with Crippen molar-refractivity contribution in [2.24, 2.45) is 0 Å². The van der Waals surface area contributed by atoms with E-state index in [-0.39, 0.29) is 0 Å². The van der Waals surface area contributed by atoms with Crippen LogP contribution in [0.1, 0.15) is 0 Å². The first-order valence-electron chi connectivity index (χ1n) is 1.25. The standard InChI is InChI=1S/C3H2NO/c1-2-5-3-4-1/h1-2H. The van der Waals surface area contributed by atoms with E-state index in [4.69, 9.17) is 0 Å². The van der Waals surface area contributed by atoms with Crippen LogP contribution in [0.4, 0.5) is 0 Å². The van der Waals surface area contributed by atoms with Crippen molar-refractivity contribution in [3.63, 3.8) is 0 Å². The Hall–Kier alpha value is -0.790. The Morgan fingerprint density at radius 1 is 1.80 bits per heavy atom. The zero-order valence-corrected chi connectivity index (χ0v) is 2.51. The minimum atomic E-state index is 1.46. The molecule has 0 aliphatic rings. The van der Waals surface area contributed by atoms with Crippen LogP contribution in [0, 0.1) is 6.39 Å². The van der Waals surface area contributed by atoms with Gasteiger partial charge in [-0.3, -0.25) is 0 Å². The molecule has 1 radical (unpaired) electrons. The molecule has 0 bridgehead atoms. The van der Waals surface area contributed by atoms with Crippen molar-refractivity contribution in [3.8, 4) is 0 Å². The maximum Gasteiger partial charge on any atom is 0.283 e. The highest BCUT2D eigenvalue weighted by atomic mass is 16.3. The van der Waals surface area contributed by atoms with Crippen LogP contribution in [0.15, 0.2) is 16.9 Å². The smallest absolute Gasteiger partial charge is 0.283 e. The van der Waals surface area contributed by atoms with Gasteiger partial charge in [0.15, 0.2) is 0 Å². The third-order valence-corrected chi connectivity index (χ3v) is 0.309. The van der Waals surface area contributed by atoms with Crippen LogP contribution in [0.3, 0.4) is 0 Å². The van der Waals surface area contributed by atoms with E-state index < -0.39 is 0 Å². The molecule has 1 heterocycles. The fraction of sp³-hybridized carbons (Fsp3) is 0. The Kier molecular flexibility index (Phi) is 0.433. The van der Waals surface area contributed by atoms with Gasteiger partial charge in [0.2, 0.25) is 0 Å². The van der Waals surface area contributed by atoms with Gasteiger partial charge in [-0.15, -0.1) is 0 Å². The summed E-state index contributed by atoms with van der Waals surface area (Å²) in [5, 5.41) is 0. The predicted octanol–water partition coefficient (Wildman–Crippen LogP) is 0.475. The molecule has 2 heteroatoms. The lowest BCUT2D eigenvalue weighted by Gasteiger charge is -1.44. The van der Waals surface area contributed by atoms with E-state index in [2.05, 4.69) is 15.8 Å². The van der Waals surface area contributed by atoms with Gasteiger partial charge in [0.05, 0.1) is 6.20 Å². The summed E-state index contributed by atoms with van der Waals surface area (Å²) in [4.78, 5) is 3.43. The van der Waals surface area contributed by atoms with Crippen molar-refractivity contribution in [3.05, 3.63) is 18.9 Å². The molecule has 2 nitrogen and oxygen atoms in total. The summed E-state index contributed by atoms with van der Waals surface area (Å²) in [6.07, 6.45) is 5.22. The van der Waals surface area contributed by atoms with Gasteiger partial charge >= 0.3 is 0 Å². The number of aromatic nitrogens is 1. The van der Waals surface area contributed by atoms with Gasteiger partial charge in [-0.1, -0.05) is 0 Å². The minimum absolute atomic E-state index is 1.46. The number of rotatable bonds is 0. The normalized spacial score (nSPS) is 8.00. The predicted molar refractivity (Wildman–Crippen MR) is 15.3 cm³/mol. The second kappa shape index (κ2) is 0.885. The number of oxazole rings is 1. The maximum atomic E-state index is 4.35. The van der Waals surface area contributed by atoms with Gasteiger partial charge in [0, 0.05) is 0 Å². The average Bonchev–Trinajstić information content (AvgIpc) is 1.76. The number of hydrogen-bond acceptors (Lipinski definition) is 2. The quantitative estimate of drug-likeness (QED) is 0.441. The van der Waals surface area contributed by atoms with E-state index in [1.165, 1.54) is 12.5 Å². The summed E-state index contributed by atoms with van der Waals surface area (Å²) in [5.74, 6) is 0. The van der Waals surface area contributed by atoms with Crippen molar-refractivity contribution in [1.29, 1.82) is 0 Å². The van der Waals surface area contributed by atoms with Gasteiger partial charge in [0.1, 0.15) is 6.26 Å². The van der Waals surface area contributed by atoms with Gasteiger partial charge in [0.25, 0.3) is 6.39 Å². The molecule has 0 aromatic carbocycles. The Morgan fingerprint density at radius 3 is 3.00 bits per heavy atom. The molecule has 1 aromatic rings. The molecule has 0 aliphatic carbocycles. The Morgan fingerprint density at radius 2 is 2.80 bits per heavy atom. The first-order valence-corrected chi connectivity index (χ1v) is 1.25. The monoisotopic (exact) mass is 68.0 g/mol. The minimum Gasteiger partial charge on any atom is -0.441 e. The van der Waals surface area contributed by atoms with Crippen molar-refractivity contribution in [2.75, 3.05) is 0 Å². The van der Waals surface area contributed by atoms with E-state index in [1.807, 2.05) is 0 Å². The highest BCUT2D eigenvalue weighted by Crippen LogP contribution is 1.70. The van der Waals surface area contributed by atoms with Gasteiger partial charge < -0.3 is 4.42 Å². The Bertz CT molecular complexity index is 63.4. The third-order valence-electron chi connectivity index (χ3n) is 0.309. The SMILES string of the molecule is [c]1ncco1. The Labute approximate surface area is 29.4 Å². The molecule has 5 heavy (non-hydrogen) atoms. The third kappa shape index (κ3) is 0.265. The fourth-order valence-corrected chi connectivity index (χ4v) is 0.152. The molecule has 0 unspecified atom stereocenters. The zero-order chi connectivity index (χ0) is 3.54. The summed E-state index contributed by atoms with van der Waals surface area (Å²) in [6.45, 7) is 0. The van der Waals surface area contributed by atoms with Crippen LogP contribution in [0.2, 0.25) is 0 Å². The second-order valence-corrected chi connectivity index (χ2v) is 0.623. The number of hydrogen-bond donors (Lipinski definition) is 0. The van der Waals surface area contributed by atoms with E-state index in [0.717, 1.165) is 0 Å². The lowest BCUT2D eigenvalue weighted by Crippen LogP contribution is -1.40. The van der Waals surface area contributed by atoms with Crippen molar-refractivity contribution >= 4 is 0 Å². The molecule has 0 aliphatic heterocycles. The van der Waals surface area contributed by atoms with Crippen LogP contribution >= 0.6 is 0 Å². The average molecular weight is 68.1 g/mol. The first-order chi connectivity index (χ1) is 2.50. The van der Waals surface area contributed by atoms with Crippen molar-refractivity contribution in [1.82, 2.24) is 4.98 Å². The summed E-state index contributed by atoms with van der Waals surface area (Å²) < 4.78 is 4.35. The molecular formula is C3H2NO. The largest absolute Gasteiger partial charge is 0.441 e. The van der Waals surface area contributed by atoms with E-state index >= 15 is 0 Å². The van der Waals surface area contributed by atoms with Crippen LogP contribution < -0.4 is 0 Å². The molecule has 25 valence electrons. The van der Waals surface area contributed by atoms with Crippen molar-refractivity contribution < 1.29 is 4.42 Å². The number of nitrogens with zero attached hydrogens (tertiary/aromatic N) is 1. The van der Waals surface area contributed by atoms with Gasteiger partial charge in [-0.25, -0.2) is 4.98 Å². The molecule has 0 fully saturated rings. The topological polar surface area (TPSA) is 26.0 Å². The van der Waals surface area contributed by atoms with E-state index in [1.54, 1.807) is 0 Å². The van der Waals surface area contributed by atoms with E-state index in [9.17, 15) is 0 Å². The highest BCUT2D eigenvalue weighted by molar-refractivity contribution is 4.55. The molecule has 0 atom stereocenters. The first kappa shape index (κ1) is 2.45. The molecule has 1 aromatic heterocycles. The summed E-state index contributed by atoms with van der Waals surface area (Å²) in [5.41, 5.74) is 0. The lowest BCUT2D eigenvalue weighted by molar-refractivity contribution is 0.548.